The minimum atomic E-state index is -0.567. The molecule has 2 unspecified atom stereocenters. The molecule has 3 nitrogen and oxygen atoms in total. The van der Waals surface area contributed by atoms with Crippen LogP contribution in [0.5, 0.6) is 0 Å². The van der Waals surface area contributed by atoms with Crippen molar-refractivity contribution in [1.82, 2.24) is 5.32 Å². The van der Waals surface area contributed by atoms with Crippen molar-refractivity contribution in [2.45, 2.75) is 26.8 Å². The average Bonchev–Trinajstić information content (AvgIpc) is 2.70. The van der Waals surface area contributed by atoms with Crippen molar-refractivity contribution in [3.05, 3.63) is 22.4 Å². The Labute approximate surface area is 100 Å². The van der Waals surface area contributed by atoms with Crippen LogP contribution in [0.25, 0.3) is 0 Å². The Morgan fingerprint density at radius 2 is 2.19 bits per heavy atom. The largest absolute Gasteiger partial charge is 0.348 e. The van der Waals surface area contributed by atoms with E-state index in [2.05, 4.69) is 5.32 Å². The molecule has 4 heteroatoms. The molecule has 1 aromatic heterocycles. The fraction of sp³-hybridized carbons (Fsp3) is 0.500. The Morgan fingerprint density at radius 3 is 2.62 bits per heavy atom. The first kappa shape index (κ1) is 12.7. The quantitative estimate of drug-likeness (QED) is 0.874. The molecule has 0 spiro atoms. The Morgan fingerprint density at radius 1 is 1.50 bits per heavy atom. The summed E-state index contributed by atoms with van der Waals surface area (Å²) < 4.78 is 0. The SMILES string of the molecule is CC(NC(=O)C(C#N)C(C)C)c1cccs1. The highest BCUT2D eigenvalue weighted by atomic mass is 32.1. The van der Waals surface area contributed by atoms with Crippen molar-refractivity contribution in [3.8, 4) is 6.07 Å². The van der Waals surface area contributed by atoms with E-state index in [-0.39, 0.29) is 17.9 Å². The molecule has 0 aromatic carbocycles. The number of carbonyl (C=O) groups is 1. The lowest BCUT2D eigenvalue weighted by Crippen LogP contribution is -2.34. The fourth-order valence-corrected chi connectivity index (χ4v) is 2.16. The van der Waals surface area contributed by atoms with Crippen LogP contribution in [0.3, 0.4) is 0 Å². The van der Waals surface area contributed by atoms with Crippen molar-refractivity contribution in [2.24, 2.45) is 11.8 Å². The van der Waals surface area contributed by atoms with Gasteiger partial charge in [-0.25, -0.2) is 0 Å². The highest BCUT2D eigenvalue weighted by Crippen LogP contribution is 2.19. The predicted molar refractivity (Wildman–Crippen MR) is 64.8 cm³/mol. The minimum Gasteiger partial charge on any atom is -0.348 e. The van der Waals surface area contributed by atoms with Gasteiger partial charge in [-0.1, -0.05) is 19.9 Å². The van der Waals surface area contributed by atoms with Crippen LogP contribution in [-0.2, 0) is 4.79 Å². The Bertz CT molecular complexity index is 378. The average molecular weight is 236 g/mol. The molecule has 1 N–H and O–H groups in total. The summed E-state index contributed by atoms with van der Waals surface area (Å²) in [6.45, 7) is 5.69. The number of nitriles is 1. The topological polar surface area (TPSA) is 52.9 Å². The van der Waals surface area contributed by atoms with Crippen LogP contribution in [0.4, 0.5) is 0 Å². The van der Waals surface area contributed by atoms with Gasteiger partial charge < -0.3 is 5.32 Å². The summed E-state index contributed by atoms with van der Waals surface area (Å²) in [5.41, 5.74) is 0. The molecule has 1 heterocycles. The molecule has 86 valence electrons. The van der Waals surface area contributed by atoms with Crippen LogP contribution in [0.15, 0.2) is 17.5 Å². The summed E-state index contributed by atoms with van der Waals surface area (Å²) in [5.74, 6) is -0.707. The molecular weight excluding hydrogens is 220 g/mol. The molecule has 0 aliphatic rings. The molecule has 0 saturated carbocycles. The van der Waals surface area contributed by atoms with Crippen molar-refractivity contribution >= 4 is 17.2 Å². The first-order chi connectivity index (χ1) is 7.56. The maximum atomic E-state index is 11.8. The van der Waals surface area contributed by atoms with Crippen molar-refractivity contribution in [1.29, 1.82) is 5.26 Å². The van der Waals surface area contributed by atoms with E-state index in [1.165, 1.54) is 0 Å². The van der Waals surface area contributed by atoms with Gasteiger partial charge in [0.15, 0.2) is 0 Å². The van der Waals surface area contributed by atoms with E-state index in [0.29, 0.717) is 0 Å². The molecular formula is C12H16N2OS. The molecule has 0 radical (unpaired) electrons. The summed E-state index contributed by atoms with van der Waals surface area (Å²) >= 11 is 1.60. The second-order valence-corrected chi connectivity index (χ2v) is 5.08. The van der Waals surface area contributed by atoms with E-state index in [4.69, 9.17) is 5.26 Å². The molecule has 1 aromatic rings. The van der Waals surface area contributed by atoms with Gasteiger partial charge in [0.05, 0.1) is 12.1 Å². The number of rotatable bonds is 4. The van der Waals surface area contributed by atoms with Crippen LogP contribution in [0.2, 0.25) is 0 Å². The summed E-state index contributed by atoms with van der Waals surface area (Å²) in [6, 6.07) is 5.95. The third kappa shape index (κ3) is 3.07. The molecule has 0 saturated heterocycles. The highest BCUT2D eigenvalue weighted by molar-refractivity contribution is 7.10. The maximum Gasteiger partial charge on any atom is 0.238 e. The van der Waals surface area contributed by atoms with Crippen molar-refractivity contribution in [3.63, 3.8) is 0 Å². The first-order valence-electron chi connectivity index (χ1n) is 5.29. The van der Waals surface area contributed by atoms with Crippen LogP contribution >= 0.6 is 11.3 Å². The lowest BCUT2D eigenvalue weighted by Gasteiger charge is -2.17. The van der Waals surface area contributed by atoms with Crippen LogP contribution in [-0.4, -0.2) is 5.91 Å². The monoisotopic (exact) mass is 236 g/mol. The van der Waals surface area contributed by atoms with Crippen LogP contribution in [0, 0.1) is 23.2 Å². The van der Waals surface area contributed by atoms with E-state index < -0.39 is 5.92 Å². The van der Waals surface area contributed by atoms with Gasteiger partial charge in [0.1, 0.15) is 5.92 Å². The molecule has 0 aliphatic heterocycles. The number of hydrogen-bond donors (Lipinski definition) is 1. The Hall–Kier alpha value is -1.34. The van der Waals surface area contributed by atoms with E-state index in [1.54, 1.807) is 11.3 Å². The molecule has 16 heavy (non-hydrogen) atoms. The lowest BCUT2D eigenvalue weighted by molar-refractivity contribution is -0.125. The maximum absolute atomic E-state index is 11.8. The molecule has 0 aliphatic carbocycles. The fourth-order valence-electron chi connectivity index (χ4n) is 1.42. The standard InChI is InChI=1S/C12H16N2OS/c1-8(2)10(7-13)12(15)14-9(3)11-5-4-6-16-11/h4-6,8-10H,1-3H3,(H,14,15). The van der Waals surface area contributed by atoms with Crippen molar-refractivity contribution < 1.29 is 4.79 Å². The van der Waals surface area contributed by atoms with Gasteiger partial charge in [0.2, 0.25) is 5.91 Å². The smallest absolute Gasteiger partial charge is 0.238 e. The summed E-state index contributed by atoms with van der Waals surface area (Å²) in [6.07, 6.45) is 0. The zero-order valence-electron chi connectivity index (χ0n) is 9.73. The van der Waals surface area contributed by atoms with Gasteiger partial charge in [-0.2, -0.15) is 5.26 Å². The van der Waals surface area contributed by atoms with E-state index in [0.717, 1.165) is 4.88 Å². The van der Waals surface area contributed by atoms with Crippen molar-refractivity contribution in [2.75, 3.05) is 0 Å². The number of nitrogens with one attached hydrogen (secondary N) is 1. The third-order valence-corrected chi connectivity index (χ3v) is 3.47. The zero-order chi connectivity index (χ0) is 12.1. The number of amides is 1. The second-order valence-electron chi connectivity index (χ2n) is 4.10. The zero-order valence-corrected chi connectivity index (χ0v) is 10.5. The summed E-state index contributed by atoms with van der Waals surface area (Å²) in [4.78, 5) is 12.9. The van der Waals surface area contributed by atoms with E-state index in [9.17, 15) is 4.79 Å². The molecule has 0 bridgehead atoms. The van der Waals surface area contributed by atoms with Crippen LogP contribution in [0.1, 0.15) is 31.7 Å². The number of nitrogens with zero attached hydrogens (tertiary/aromatic N) is 1. The highest BCUT2D eigenvalue weighted by Gasteiger charge is 2.23. The number of thiophene rings is 1. The van der Waals surface area contributed by atoms with Gasteiger partial charge in [0, 0.05) is 4.88 Å². The van der Waals surface area contributed by atoms with Gasteiger partial charge in [-0.3, -0.25) is 4.79 Å². The minimum absolute atomic E-state index is 0.0258. The number of hydrogen-bond acceptors (Lipinski definition) is 3. The van der Waals surface area contributed by atoms with Gasteiger partial charge in [0.25, 0.3) is 0 Å². The summed E-state index contributed by atoms with van der Waals surface area (Å²) in [5, 5.41) is 13.7. The third-order valence-electron chi connectivity index (χ3n) is 2.42. The first-order valence-corrected chi connectivity index (χ1v) is 6.17. The summed E-state index contributed by atoms with van der Waals surface area (Å²) in [7, 11) is 0. The Kier molecular flexibility index (Phi) is 4.51. The number of carbonyl (C=O) groups excluding carboxylic acids is 1. The molecule has 2 atom stereocenters. The Balaban J connectivity index is 2.61. The predicted octanol–water partition coefficient (Wildman–Crippen LogP) is 2.72. The molecule has 0 fully saturated rings. The molecule has 1 rings (SSSR count). The van der Waals surface area contributed by atoms with Gasteiger partial charge >= 0.3 is 0 Å². The lowest BCUT2D eigenvalue weighted by atomic mass is 9.96. The van der Waals surface area contributed by atoms with Crippen LogP contribution < -0.4 is 5.32 Å². The second kappa shape index (κ2) is 5.66. The van der Waals surface area contributed by atoms with E-state index in [1.807, 2.05) is 44.4 Å². The van der Waals surface area contributed by atoms with Gasteiger partial charge in [-0.15, -0.1) is 11.3 Å². The van der Waals surface area contributed by atoms with E-state index >= 15 is 0 Å². The van der Waals surface area contributed by atoms with Gasteiger partial charge in [-0.05, 0) is 24.3 Å². The molecule has 1 amide bonds. The normalized spacial score (nSPS) is 14.2.